The Balaban J connectivity index is 1.92. The Morgan fingerprint density at radius 2 is 1.83 bits per heavy atom. The molecule has 0 fully saturated rings. The number of nitro benzene ring substituents is 1. The molecule has 10 nitrogen and oxygen atoms in total. The molecule has 0 bridgehead atoms. The highest BCUT2D eigenvalue weighted by molar-refractivity contribution is 5.98. The molecule has 0 saturated carbocycles. The molecule has 0 saturated heterocycles. The average Bonchev–Trinajstić information content (AvgIpc) is 2.73. The van der Waals surface area contributed by atoms with Crippen molar-refractivity contribution >= 4 is 23.6 Å². The maximum Gasteiger partial charge on any atom is 0.339 e. The number of benzene rings is 2. The molecule has 1 atom stereocenters. The van der Waals surface area contributed by atoms with Gasteiger partial charge >= 0.3 is 17.7 Å². The number of hydrogen-bond acceptors (Lipinski definition) is 7. The summed E-state index contributed by atoms with van der Waals surface area (Å²) in [5, 5.41) is 15.7. The second-order valence-corrected chi connectivity index (χ2v) is 6.08. The van der Waals surface area contributed by atoms with Crippen molar-refractivity contribution in [2.24, 2.45) is 0 Å². The molecule has 0 aliphatic carbocycles. The van der Waals surface area contributed by atoms with Gasteiger partial charge in [-0.25, -0.2) is 9.59 Å². The number of urea groups is 1. The first-order valence-electron chi connectivity index (χ1n) is 9.06. The average molecular weight is 415 g/mol. The van der Waals surface area contributed by atoms with Crippen LogP contribution in [0.25, 0.3) is 0 Å². The topological polar surface area (TPSA) is 137 Å². The third kappa shape index (κ3) is 6.30. The number of esters is 1. The van der Waals surface area contributed by atoms with Crippen LogP contribution in [0.1, 0.15) is 29.8 Å². The normalized spacial score (nSPS) is 11.1. The Morgan fingerprint density at radius 1 is 1.13 bits per heavy atom. The van der Waals surface area contributed by atoms with Crippen LogP contribution in [-0.2, 0) is 16.1 Å². The third-order valence-electron chi connectivity index (χ3n) is 3.88. The molecule has 2 aromatic rings. The van der Waals surface area contributed by atoms with E-state index in [4.69, 9.17) is 9.47 Å². The number of ether oxygens (including phenoxy) is 2. The fourth-order valence-corrected chi connectivity index (χ4v) is 2.38. The van der Waals surface area contributed by atoms with Crippen LogP contribution in [0.4, 0.5) is 10.5 Å². The fourth-order valence-electron chi connectivity index (χ4n) is 2.38. The Hall–Kier alpha value is -3.95. The summed E-state index contributed by atoms with van der Waals surface area (Å²) in [4.78, 5) is 46.6. The van der Waals surface area contributed by atoms with Crippen molar-refractivity contribution in [1.82, 2.24) is 10.6 Å². The van der Waals surface area contributed by atoms with Crippen LogP contribution >= 0.6 is 0 Å². The smallest absolute Gasteiger partial charge is 0.339 e. The molecular formula is C20H21N3O7. The van der Waals surface area contributed by atoms with Crippen LogP contribution in [0.2, 0.25) is 0 Å². The second kappa shape index (κ2) is 10.6. The molecule has 3 amide bonds. The highest BCUT2D eigenvalue weighted by atomic mass is 16.6. The van der Waals surface area contributed by atoms with Gasteiger partial charge in [0.1, 0.15) is 0 Å². The molecule has 0 spiro atoms. The zero-order valence-corrected chi connectivity index (χ0v) is 16.4. The van der Waals surface area contributed by atoms with Gasteiger partial charge in [-0.3, -0.25) is 20.2 Å². The minimum absolute atomic E-state index is 0.0138. The number of nitrogens with zero attached hydrogens (tertiary/aromatic N) is 1. The summed E-state index contributed by atoms with van der Waals surface area (Å²) in [7, 11) is 0. The van der Waals surface area contributed by atoms with Crippen LogP contribution in [0.3, 0.4) is 0 Å². The number of rotatable bonds is 8. The minimum atomic E-state index is -1.30. The van der Waals surface area contributed by atoms with Gasteiger partial charge in [0.2, 0.25) is 0 Å². The van der Waals surface area contributed by atoms with Gasteiger partial charge < -0.3 is 14.8 Å². The second-order valence-electron chi connectivity index (χ2n) is 6.08. The molecule has 0 radical (unpaired) electrons. The molecule has 10 heteroatoms. The van der Waals surface area contributed by atoms with Crippen molar-refractivity contribution in [3.8, 4) is 5.75 Å². The van der Waals surface area contributed by atoms with Gasteiger partial charge in [-0.15, -0.1) is 0 Å². The number of hydrogen-bond donors (Lipinski definition) is 2. The predicted molar refractivity (Wildman–Crippen MR) is 106 cm³/mol. The van der Waals surface area contributed by atoms with Crippen molar-refractivity contribution < 1.29 is 28.8 Å². The number of nitro groups is 1. The monoisotopic (exact) mass is 415 g/mol. The number of carbonyl (C=O) groups excluding carboxylic acids is 3. The van der Waals surface area contributed by atoms with Crippen molar-refractivity contribution in [3.05, 3.63) is 69.8 Å². The number of imide groups is 1. The highest BCUT2D eigenvalue weighted by Crippen LogP contribution is 2.28. The Labute approximate surface area is 172 Å². The first-order chi connectivity index (χ1) is 14.3. The minimum Gasteiger partial charge on any atom is -0.487 e. The lowest BCUT2D eigenvalue weighted by atomic mass is 10.2. The van der Waals surface area contributed by atoms with Gasteiger partial charge in [0.25, 0.3) is 5.91 Å². The summed E-state index contributed by atoms with van der Waals surface area (Å²) >= 11 is 0. The van der Waals surface area contributed by atoms with Gasteiger partial charge in [0.15, 0.2) is 11.9 Å². The lowest BCUT2D eigenvalue weighted by Gasteiger charge is -2.14. The Kier molecular flexibility index (Phi) is 7.86. The number of amides is 3. The molecule has 158 valence electrons. The van der Waals surface area contributed by atoms with E-state index in [1.807, 2.05) is 30.3 Å². The number of nitrogens with one attached hydrogen (secondary N) is 2. The molecule has 2 rings (SSSR count). The zero-order chi connectivity index (χ0) is 22.1. The van der Waals surface area contributed by atoms with Gasteiger partial charge in [-0.05, 0) is 31.5 Å². The van der Waals surface area contributed by atoms with E-state index in [1.165, 1.54) is 19.1 Å². The lowest BCUT2D eigenvalue weighted by Crippen LogP contribution is -2.44. The molecule has 30 heavy (non-hydrogen) atoms. The third-order valence-corrected chi connectivity index (χ3v) is 3.88. The van der Waals surface area contributed by atoms with Crippen molar-refractivity contribution in [2.75, 3.05) is 6.61 Å². The zero-order valence-electron chi connectivity index (χ0n) is 16.4. The van der Waals surface area contributed by atoms with Crippen LogP contribution in [0.5, 0.6) is 5.75 Å². The lowest BCUT2D eigenvalue weighted by molar-refractivity contribution is -0.385. The van der Waals surface area contributed by atoms with Crippen LogP contribution < -0.4 is 15.4 Å². The summed E-state index contributed by atoms with van der Waals surface area (Å²) in [5.41, 5.74) is 0.318. The van der Waals surface area contributed by atoms with Gasteiger partial charge in [-0.1, -0.05) is 30.3 Å². The maximum absolute atomic E-state index is 12.2. The molecule has 0 aliphatic rings. The van der Waals surface area contributed by atoms with E-state index >= 15 is 0 Å². The van der Waals surface area contributed by atoms with E-state index in [2.05, 4.69) is 10.6 Å². The standard InChI is InChI=1S/C20H21N3O7/c1-3-29-17-10-9-15(11-16(17)23(27)28)19(25)30-13(2)18(24)22-20(26)21-12-14-7-5-4-6-8-14/h4-11,13H,3,12H2,1-2H3,(H2,21,22,24,26)/t13-/m0/s1. The van der Waals surface area contributed by atoms with E-state index in [1.54, 1.807) is 6.92 Å². The molecule has 2 N–H and O–H groups in total. The molecule has 0 aliphatic heterocycles. The van der Waals surface area contributed by atoms with E-state index < -0.39 is 34.6 Å². The van der Waals surface area contributed by atoms with Gasteiger partial charge in [0, 0.05) is 12.6 Å². The molecular weight excluding hydrogens is 394 g/mol. The molecule has 0 unspecified atom stereocenters. The Morgan fingerprint density at radius 3 is 2.47 bits per heavy atom. The summed E-state index contributed by atoms with van der Waals surface area (Å²) in [6.07, 6.45) is -1.30. The van der Waals surface area contributed by atoms with Crippen LogP contribution in [0.15, 0.2) is 48.5 Å². The van der Waals surface area contributed by atoms with Crippen LogP contribution in [-0.4, -0.2) is 35.5 Å². The van der Waals surface area contributed by atoms with E-state index in [-0.39, 0.29) is 24.5 Å². The predicted octanol–water partition coefficient (Wildman–Crippen LogP) is 2.56. The molecule has 2 aromatic carbocycles. The van der Waals surface area contributed by atoms with Crippen molar-refractivity contribution in [1.29, 1.82) is 0 Å². The first-order valence-corrected chi connectivity index (χ1v) is 9.06. The SMILES string of the molecule is CCOc1ccc(C(=O)O[C@@H](C)C(=O)NC(=O)NCc2ccccc2)cc1[N+](=O)[O-]. The maximum atomic E-state index is 12.2. The summed E-state index contributed by atoms with van der Waals surface area (Å²) in [6, 6.07) is 11.9. The first kappa shape index (κ1) is 22.3. The largest absolute Gasteiger partial charge is 0.487 e. The summed E-state index contributed by atoms with van der Waals surface area (Å²) in [5.74, 6) is -1.78. The van der Waals surface area contributed by atoms with Crippen molar-refractivity contribution in [3.63, 3.8) is 0 Å². The summed E-state index contributed by atoms with van der Waals surface area (Å²) < 4.78 is 10.2. The Bertz CT molecular complexity index is 931. The van der Waals surface area contributed by atoms with E-state index in [9.17, 15) is 24.5 Å². The van der Waals surface area contributed by atoms with Crippen molar-refractivity contribution in [2.45, 2.75) is 26.5 Å². The van der Waals surface area contributed by atoms with E-state index in [0.29, 0.717) is 0 Å². The quantitative estimate of drug-likeness (QED) is 0.384. The number of carbonyl (C=O) groups is 3. The summed E-state index contributed by atoms with van der Waals surface area (Å²) in [6.45, 7) is 3.38. The van der Waals surface area contributed by atoms with E-state index in [0.717, 1.165) is 11.6 Å². The van der Waals surface area contributed by atoms with Crippen LogP contribution in [0, 0.1) is 10.1 Å². The fraction of sp³-hybridized carbons (Fsp3) is 0.250. The molecule has 0 aromatic heterocycles. The highest BCUT2D eigenvalue weighted by Gasteiger charge is 2.23. The molecule has 0 heterocycles. The van der Waals surface area contributed by atoms with Gasteiger partial charge in [-0.2, -0.15) is 0 Å². The van der Waals surface area contributed by atoms with Gasteiger partial charge in [0.05, 0.1) is 17.1 Å².